The molecule has 1 aromatic rings. The lowest BCUT2D eigenvalue weighted by atomic mass is 10.0. The highest BCUT2D eigenvalue weighted by Crippen LogP contribution is 2.38. The zero-order valence-corrected chi connectivity index (χ0v) is 14.5. The molecular formula is C17H24ClN3O2. The van der Waals surface area contributed by atoms with Crippen LogP contribution in [0.1, 0.15) is 31.9 Å². The summed E-state index contributed by atoms with van der Waals surface area (Å²) in [5.74, 6) is 0.265. The zero-order valence-electron chi connectivity index (χ0n) is 13.8. The molecule has 0 aliphatic carbocycles. The Hall–Kier alpha value is -1.48. The van der Waals surface area contributed by atoms with Crippen molar-refractivity contribution in [3.63, 3.8) is 0 Å². The van der Waals surface area contributed by atoms with Crippen LogP contribution in [-0.4, -0.2) is 54.2 Å². The van der Waals surface area contributed by atoms with Gasteiger partial charge in [0.25, 0.3) is 0 Å². The fraction of sp³-hybridized carbons (Fsp3) is 0.588. The van der Waals surface area contributed by atoms with Gasteiger partial charge < -0.3 is 14.7 Å². The predicted octanol–water partition coefficient (Wildman–Crippen LogP) is 3.04. The van der Waals surface area contributed by atoms with Gasteiger partial charge in [0.05, 0.1) is 17.7 Å². The molecule has 0 amide bonds. The Morgan fingerprint density at radius 2 is 2.00 bits per heavy atom. The maximum Gasteiger partial charge on any atom is 0.176 e. The second-order valence-corrected chi connectivity index (χ2v) is 6.10. The molecule has 0 saturated carbocycles. The van der Waals surface area contributed by atoms with Crippen LogP contribution in [0.4, 0.5) is 0 Å². The number of nitriles is 1. The van der Waals surface area contributed by atoms with Gasteiger partial charge in [-0.05, 0) is 37.6 Å². The minimum atomic E-state index is -0.379. The monoisotopic (exact) mass is 337 g/mol. The molecule has 0 bridgehead atoms. The van der Waals surface area contributed by atoms with E-state index in [4.69, 9.17) is 16.3 Å². The Kier molecular flexibility index (Phi) is 6.52. The van der Waals surface area contributed by atoms with Gasteiger partial charge in [0.15, 0.2) is 11.5 Å². The number of halogens is 1. The molecule has 1 fully saturated rings. The highest BCUT2D eigenvalue weighted by atomic mass is 35.5. The third-order valence-corrected chi connectivity index (χ3v) is 4.39. The van der Waals surface area contributed by atoms with E-state index in [2.05, 4.69) is 22.8 Å². The second kappa shape index (κ2) is 8.39. The summed E-state index contributed by atoms with van der Waals surface area (Å²) in [7, 11) is 0. The lowest BCUT2D eigenvalue weighted by Crippen LogP contribution is -2.47. The number of hydrogen-bond acceptors (Lipinski definition) is 5. The van der Waals surface area contributed by atoms with Crippen molar-refractivity contribution in [2.24, 2.45) is 0 Å². The molecule has 6 heteroatoms. The second-order valence-electron chi connectivity index (χ2n) is 5.69. The molecule has 2 rings (SSSR count). The molecule has 1 N–H and O–H groups in total. The van der Waals surface area contributed by atoms with Crippen LogP contribution in [0.5, 0.6) is 11.5 Å². The summed E-state index contributed by atoms with van der Waals surface area (Å²) in [6.07, 6.45) is 1.15. The Bertz CT molecular complexity index is 566. The molecule has 0 radical (unpaired) electrons. The van der Waals surface area contributed by atoms with Crippen molar-refractivity contribution in [2.45, 2.75) is 26.3 Å². The van der Waals surface area contributed by atoms with Gasteiger partial charge in [-0.1, -0.05) is 18.5 Å². The zero-order chi connectivity index (χ0) is 16.8. The van der Waals surface area contributed by atoms with E-state index in [9.17, 15) is 10.4 Å². The quantitative estimate of drug-likeness (QED) is 0.864. The number of benzene rings is 1. The minimum Gasteiger partial charge on any atom is -0.503 e. The minimum absolute atomic E-state index is 0.0679. The number of piperazine rings is 1. The fourth-order valence-electron chi connectivity index (χ4n) is 2.95. The Morgan fingerprint density at radius 3 is 2.57 bits per heavy atom. The number of rotatable bonds is 6. The molecule has 0 spiro atoms. The molecule has 23 heavy (non-hydrogen) atoms. The van der Waals surface area contributed by atoms with Crippen LogP contribution in [0.3, 0.4) is 0 Å². The molecule has 1 saturated heterocycles. The SMILES string of the molecule is CCCN1CCN(C(C#N)c2cc(Cl)c(O)c(OCC)c2)CC1. The number of phenols is 1. The van der Waals surface area contributed by atoms with Crippen LogP contribution in [0.25, 0.3) is 0 Å². The van der Waals surface area contributed by atoms with E-state index in [-0.39, 0.29) is 16.8 Å². The largest absolute Gasteiger partial charge is 0.503 e. The highest BCUT2D eigenvalue weighted by Gasteiger charge is 2.26. The average molecular weight is 338 g/mol. The van der Waals surface area contributed by atoms with Gasteiger partial charge in [-0.3, -0.25) is 4.90 Å². The first-order valence-electron chi connectivity index (χ1n) is 8.11. The summed E-state index contributed by atoms with van der Waals surface area (Å²) in [5.41, 5.74) is 0.766. The Balaban J connectivity index is 2.17. The number of phenolic OH excluding ortho intramolecular Hbond substituents is 1. The van der Waals surface area contributed by atoms with Crippen molar-refractivity contribution in [3.8, 4) is 17.6 Å². The Labute approximate surface area is 143 Å². The van der Waals surface area contributed by atoms with E-state index >= 15 is 0 Å². The van der Waals surface area contributed by atoms with Crippen molar-refractivity contribution >= 4 is 11.6 Å². The van der Waals surface area contributed by atoms with Crippen LogP contribution in [-0.2, 0) is 0 Å². The van der Waals surface area contributed by atoms with E-state index in [1.54, 1.807) is 12.1 Å². The molecule has 1 heterocycles. The van der Waals surface area contributed by atoms with Gasteiger partial charge in [0.1, 0.15) is 6.04 Å². The Morgan fingerprint density at radius 1 is 1.30 bits per heavy atom. The van der Waals surface area contributed by atoms with Gasteiger partial charge in [0, 0.05) is 26.2 Å². The topological polar surface area (TPSA) is 59.7 Å². The first-order valence-corrected chi connectivity index (χ1v) is 8.49. The van der Waals surface area contributed by atoms with Crippen LogP contribution in [0.15, 0.2) is 12.1 Å². The molecule has 1 aliphatic rings. The van der Waals surface area contributed by atoms with Crippen LogP contribution < -0.4 is 4.74 Å². The molecule has 0 aromatic heterocycles. The fourth-order valence-corrected chi connectivity index (χ4v) is 3.16. The standard InChI is InChI=1S/C17H24ClN3O2/c1-3-5-20-6-8-21(9-7-20)15(12-19)13-10-14(18)17(22)16(11-13)23-4-2/h10-11,15,22H,3-9H2,1-2H3. The molecule has 126 valence electrons. The van der Waals surface area contributed by atoms with E-state index in [1.807, 2.05) is 6.92 Å². The lowest BCUT2D eigenvalue weighted by Gasteiger charge is -2.37. The molecule has 1 aliphatic heterocycles. The third kappa shape index (κ3) is 4.29. The van der Waals surface area contributed by atoms with E-state index in [0.717, 1.165) is 44.7 Å². The van der Waals surface area contributed by atoms with E-state index < -0.39 is 0 Å². The number of ether oxygens (including phenoxy) is 1. The van der Waals surface area contributed by atoms with Crippen molar-refractivity contribution < 1.29 is 9.84 Å². The molecule has 5 nitrogen and oxygen atoms in total. The number of nitrogens with zero attached hydrogens (tertiary/aromatic N) is 3. The molecule has 1 atom stereocenters. The van der Waals surface area contributed by atoms with Crippen LogP contribution >= 0.6 is 11.6 Å². The predicted molar refractivity (Wildman–Crippen MR) is 90.9 cm³/mol. The van der Waals surface area contributed by atoms with Gasteiger partial charge in [-0.25, -0.2) is 0 Å². The average Bonchev–Trinajstić information content (AvgIpc) is 2.55. The highest BCUT2D eigenvalue weighted by molar-refractivity contribution is 6.32. The molecular weight excluding hydrogens is 314 g/mol. The normalized spacial score (nSPS) is 17.7. The lowest BCUT2D eigenvalue weighted by molar-refractivity contribution is 0.114. The van der Waals surface area contributed by atoms with Crippen molar-refractivity contribution in [1.82, 2.24) is 9.80 Å². The van der Waals surface area contributed by atoms with Crippen LogP contribution in [0.2, 0.25) is 5.02 Å². The third-order valence-electron chi connectivity index (χ3n) is 4.10. The van der Waals surface area contributed by atoms with Crippen molar-refractivity contribution in [3.05, 3.63) is 22.7 Å². The molecule has 1 unspecified atom stereocenters. The summed E-state index contributed by atoms with van der Waals surface area (Å²) in [6.45, 7) is 9.19. The summed E-state index contributed by atoms with van der Waals surface area (Å²) in [4.78, 5) is 4.57. The van der Waals surface area contributed by atoms with Gasteiger partial charge in [-0.2, -0.15) is 5.26 Å². The summed E-state index contributed by atoms with van der Waals surface area (Å²) < 4.78 is 5.42. The van der Waals surface area contributed by atoms with Gasteiger partial charge >= 0.3 is 0 Å². The number of hydrogen-bond donors (Lipinski definition) is 1. The van der Waals surface area contributed by atoms with Crippen molar-refractivity contribution in [2.75, 3.05) is 39.3 Å². The maximum atomic E-state index is 9.95. The maximum absolute atomic E-state index is 9.95. The summed E-state index contributed by atoms with van der Waals surface area (Å²) in [5, 5.41) is 19.8. The van der Waals surface area contributed by atoms with Crippen LogP contribution in [0, 0.1) is 11.3 Å². The smallest absolute Gasteiger partial charge is 0.176 e. The van der Waals surface area contributed by atoms with Gasteiger partial charge in [-0.15, -0.1) is 0 Å². The van der Waals surface area contributed by atoms with E-state index in [1.165, 1.54) is 0 Å². The van der Waals surface area contributed by atoms with E-state index in [0.29, 0.717) is 12.4 Å². The first-order chi connectivity index (χ1) is 11.1. The molecule has 1 aromatic carbocycles. The summed E-state index contributed by atoms with van der Waals surface area (Å²) in [6, 6.07) is 5.36. The van der Waals surface area contributed by atoms with Crippen molar-refractivity contribution in [1.29, 1.82) is 5.26 Å². The summed E-state index contributed by atoms with van der Waals surface area (Å²) >= 11 is 6.09. The number of aromatic hydroxyl groups is 1. The first kappa shape index (κ1) is 17.9. The van der Waals surface area contributed by atoms with Gasteiger partial charge in [0.2, 0.25) is 0 Å².